The normalized spacial score (nSPS) is 14.9. The summed E-state index contributed by atoms with van der Waals surface area (Å²) in [4.78, 5) is 4.07. The Balaban J connectivity index is 1.51. The second-order valence-corrected chi connectivity index (χ2v) is 7.53. The SMILES string of the molecule is SC(c1nnc(-c2cccc(Cl)c2)o1)c1nnc(-c2ccncc2)n1C1CC1. The Morgan fingerprint density at radius 2 is 1.86 bits per heavy atom. The molecule has 4 aromatic rings. The summed E-state index contributed by atoms with van der Waals surface area (Å²) >= 11 is 10.8. The van der Waals surface area contributed by atoms with Gasteiger partial charge in [-0.3, -0.25) is 4.98 Å². The van der Waals surface area contributed by atoms with Crippen LogP contribution in [-0.2, 0) is 0 Å². The van der Waals surface area contributed by atoms with Gasteiger partial charge in [-0.05, 0) is 43.2 Å². The highest BCUT2D eigenvalue weighted by molar-refractivity contribution is 7.80. The molecule has 0 aliphatic heterocycles. The molecule has 28 heavy (non-hydrogen) atoms. The standard InChI is InChI=1S/C19H15ClN6OS/c20-13-3-1-2-12(10-13)18-24-25-19(27-18)15(28)17-23-22-16(26(17)14-4-5-14)11-6-8-21-9-7-11/h1-3,6-10,14-15,28H,4-5H2. The van der Waals surface area contributed by atoms with E-state index in [4.69, 9.17) is 28.6 Å². The van der Waals surface area contributed by atoms with Gasteiger partial charge in [0, 0.05) is 34.6 Å². The van der Waals surface area contributed by atoms with Gasteiger partial charge < -0.3 is 8.98 Å². The molecule has 3 aromatic heterocycles. The molecule has 1 atom stereocenters. The van der Waals surface area contributed by atoms with Crippen molar-refractivity contribution in [3.63, 3.8) is 0 Å². The molecular weight excluding hydrogens is 396 g/mol. The molecule has 1 saturated carbocycles. The van der Waals surface area contributed by atoms with Crippen molar-refractivity contribution in [2.45, 2.75) is 24.1 Å². The predicted octanol–water partition coefficient (Wildman–Crippen LogP) is 4.40. The summed E-state index contributed by atoms with van der Waals surface area (Å²) in [6.07, 6.45) is 5.66. The highest BCUT2D eigenvalue weighted by atomic mass is 35.5. The van der Waals surface area contributed by atoms with Crippen molar-refractivity contribution in [3.05, 3.63) is 65.5 Å². The Labute approximate surface area is 171 Å². The molecule has 0 amide bonds. The van der Waals surface area contributed by atoms with E-state index in [1.807, 2.05) is 24.3 Å². The molecular formula is C19H15ClN6OS. The molecule has 5 rings (SSSR count). The van der Waals surface area contributed by atoms with Crippen LogP contribution in [0.2, 0.25) is 5.02 Å². The van der Waals surface area contributed by atoms with Crippen LogP contribution in [0, 0.1) is 0 Å². The van der Waals surface area contributed by atoms with Gasteiger partial charge in [0.1, 0.15) is 5.25 Å². The van der Waals surface area contributed by atoms with E-state index < -0.39 is 5.25 Å². The molecule has 1 fully saturated rings. The number of thiol groups is 1. The first-order chi connectivity index (χ1) is 13.7. The molecule has 1 unspecified atom stereocenters. The van der Waals surface area contributed by atoms with Gasteiger partial charge in [0.2, 0.25) is 11.8 Å². The second-order valence-electron chi connectivity index (χ2n) is 6.58. The fraction of sp³-hybridized carbons (Fsp3) is 0.211. The smallest absolute Gasteiger partial charge is 0.247 e. The van der Waals surface area contributed by atoms with Gasteiger partial charge in [-0.1, -0.05) is 17.7 Å². The molecule has 140 valence electrons. The van der Waals surface area contributed by atoms with Crippen LogP contribution in [0.1, 0.15) is 35.8 Å². The van der Waals surface area contributed by atoms with Crippen molar-refractivity contribution in [1.29, 1.82) is 0 Å². The van der Waals surface area contributed by atoms with E-state index in [1.54, 1.807) is 24.5 Å². The Bertz CT molecular complexity index is 1120. The fourth-order valence-electron chi connectivity index (χ4n) is 3.07. The number of nitrogens with zero attached hydrogens (tertiary/aromatic N) is 6. The molecule has 1 aliphatic carbocycles. The van der Waals surface area contributed by atoms with Gasteiger partial charge in [0.15, 0.2) is 11.6 Å². The first-order valence-corrected chi connectivity index (χ1v) is 9.73. The van der Waals surface area contributed by atoms with Crippen molar-refractivity contribution in [2.75, 3.05) is 0 Å². The predicted molar refractivity (Wildman–Crippen MR) is 107 cm³/mol. The van der Waals surface area contributed by atoms with Crippen LogP contribution in [0.3, 0.4) is 0 Å². The summed E-state index contributed by atoms with van der Waals surface area (Å²) in [6.45, 7) is 0. The summed E-state index contributed by atoms with van der Waals surface area (Å²) in [5.74, 6) is 2.25. The summed E-state index contributed by atoms with van der Waals surface area (Å²) < 4.78 is 7.98. The first-order valence-electron chi connectivity index (χ1n) is 8.83. The van der Waals surface area contributed by atoms with Gasteiger partial charge in [0.05, 0.1) is 0 Å². The highest BCUT2D eigenvalue weighted by Crippen LogP contribution is 2.42. The van der Waals surface area contributed by atoms with Gasteiger partial charge in [0.25, 0.3) is 0 Å². The third kappa shape index (κ3) is 3.18. The third-order valence-electron chi connectivity index (χ3n) is 4.56. The van der Waals surface area contributed by atoms with Crippen molar-refractivity contribution in [1.82, 2.24) is 29.9 Å². The average molecular weight is 411 g/mol. The molecule has 7 nitrogen and oxygen atoms in total. The lowest BCUT2D eigenvalue weighted by atomic mass is 10.2. The molecule has 0 spiro atoms. The van der Waals surface area contributed by atoms with E-state index in [9.17, 15) is 0 Å². The van der Waals surface area contributed by atoms with E-state index in [-0.39, 0.29) is 0 Å². The minimum absolute atomic E-state index is 0.359. The van der Waals surface area contributed by atoms with E-state index in [0.29, 0.717) is 28.7 Å². The molecule has 0 bridgehead atoms. The van der Waals surface area contributed by atoms with E-state index >= 15 is 0 Å². The Kier molecular flexibility index (Phi) is 4.37. The zero-order valence-electron chi connectivity index (χ0n) is 14.6. The number of hydrogen-bond acceptors (Lipinski definition) is 7. The number of hydrogen-bond donors (Lipinski definition) is 1. The van der Waals surface area contributed by atoms with Crippen LogP contribution >= 0.6 is 24.2 Å². The van der Waals surface area contributed by atoms with E-state index in [2.05, 4.69) is 29.9 Å². The summed E-state index contributed by atoms with van der Waals surface area (Å²) in [5, 5.41) is 17.2. The van der Waals surface area contributed by atoms with Crippen molar-refractivity contribution in [2.24, 2.45) is 0 Å². The van der Waals surface area contributed by atoms with Crippen molar-refractivity contribution < 1.29 is 4.42 Å². The average Bonchev–Trinajstić information content (AvgIpc) is 3.27. The fourth-order valence-corrected chi connectivity index (χ4v) is 3.54. The zero-order valence-corrected chi connectivity index (χ0v) is 16.3. The minimum atomic E-state index is -0.482. The lowest BCUT2D eigenvalue weighted by Crippen LogP contribution is -2.07. The van der Waals surface area contributed by atoms with Crippen LogP contribution < -0.4 is 0 Å². The Morgan fingerprint density at radius 3 is 2.61 bits per heavy atom. The highest BCUT2D eigenvalue weighted by Gasteiger charge is 2.33. The van der Waals surface area contributed by atoms with Crippen molar-refractivity contribution >= 4 is 24.2 Å². The molecule has 1 aromatic carbocycles. The maximum Gasteiger partial charge on any atom is 0.247 e. The summed E-state index contributed by atoms with van der Waals surface area (Å²) in [7, 11) is 0. The topological polar surface area (TPSA) is 82.5 Å². The van der Waals surface area contributed by atoms with Crippen LogP contribution in [-0.4, -0.2) is 29.9 Å². The molecule has 9 heteroatoms. The number of aromatic nitrogens is 6. The quantitative estimate of drug-likeness (QED) is 0.491. The van der Waals surface area contributed by atoms with E-state index in [1.165, 1.54) is 0 Å². The summed E-state index contributed by atoms with van der Waals surface area (Å²) in [6, 6.07) is 11.5. The Hall–Kier alpha value is -2.71. The van der Waals surface area contributed by atoms with Crippen LogP contribution in [0.25, 0.3) is 22.8 Å². The van der Waals surface area contributed by atoms with Crippen LogP contribution in [0.4, 0.5) is 0 Å². The molecule has 0 N–H and O–H groups in total. The summed E-state index contributed by atoms with van der Waals surface area (Å²) in [5.41, 5.74) is 1.72. The van der Waals surface area contributed by atoms with Crippen LogP contribution in [0.15, 0.2) is 53.2 Å². The number of rotatable bonds is 5. The zero-order chi connectivity index (χ0) is 19.1. The van der Waals surface area contributed by atoms with Gasteiger partial charge in [-0.15, -0.1) is 20.4 Å². The monoisotopic (exact) mass is 410 g/mol. The molecule has 1 aliphatic rings. The van der Waals surface area contributed by atoms with E-state index in [0.717, 1.165) is 29.8 Å². The number of benzene rings is 1. The molecule has 0 radical (unpaired) electrons. The number of pyridine rings is 1. The third-order valence-corrected chi connectivity index (χ3v) is 5.25. The lowest BCUT2D eigenvalue weighted by Gasteiger charge is -2.11. The van der Waals surface area contributed by atoms with Gasteiger partial charge in [-0.25, -0.2) is 0 Å². The minimum Gasteiger partial charge on any atom is -0.419 e. The lowest BCUT2D eigenvalue weighted by molar-refractivity contribution is 0.505. The second kappa shape index (κ2) is 7.03. The van der Waals surface area contributed by atoms with Crippen LogP contribution in [0.5, 0.6) is 0 Å². The maximum absolute atomic E-state index is 6.05. The number of halogens is 1. The molecule has 3 heterocycles. The maximum atomic E-state index is 6.05. The Morgan fingerprint density at radius 1 is 1.04 bits per heavy atom. The van der Waals surface area contributed by atoms with Gasteiger partial charge >= 0.3 is 0 Å². The largest absolute Gasteiger partial charge is 0.419 e. The van der Waals surface area contributed by atoms with Crippen molar-refractivity contribution in [3.8, 4) is 22.8 Å². The first kappa shape index (κ1) is 17.4. The van der Waals surface area contributed by atoms with Gasteiger partial charge in [-0.2, -0.15) is 12.6 Å². The molecule has 0 saturated heterocycles.